The third kappa shape index (κ3) is 4.53. The molecule has 30 heavy (non-hydrogen) atoms. The number of ether oxygens (including phenoxy) is 1. The molecule has 8 heteroatoms. The van der Waals surface area contributed by atoms with Crippen molar-refractivity contribution in [2.45, 2.75) is 44.8 Å². The van der Waals surface area contributed by atoms with Gasteiger partial charge in [0, 0.05) is 51.4 Å². The first-order valence-electron chi connectivity index (χ1n) is 10.7. The van der Waals surface area contributed by atoms with Crippen LogP contribution in [0.25, 0.3) is 0 Å². The number of pyridine rings is 1. The van der Waals surface area contributed by atoms with Gasteiger partial charge in [-0.2, -0.15) is 5.10 Å². The molecule has 1 spiro atoms. The van der Waals surface area contributed by atoms with Crippen molar-refractivity contribution in [2.75, 3.05) is 26.2 Å². The van der Waals surface area contributed by atoms with Gasteiger partial charge >= 0.3 is 0 Å². The molecular formula is C22H29N5O3. The van der Waals surface area contributed by atoms with E-state index in [0.717, 1.165) is 32.2 Å². The predicted molar refractivity (Wildman–Crippen MR) is 111 cm³/mol. The van der Waals surface area contributed by atoms with Crippen molar-refractivity contribution in [3.8, 4) is 0 Å². The van der Waals surface area contributed by atoms with Crippen molar-refractivity contribution in [3.63, 3.8) is 0 Å². The molecule has 160 valence electrons. The second kappa shape index (κ2) is 8.95. The number of carbonyl (C=O) groups is 2. The van der Waals surface area contributed by atoms with E-state index in [1.807, 2.05) is 18.0 Å². The fourth-order valence-corrected chi connectivity index (χ4v) is 4.42. The number of hydrogen-bond acceptors (Lipinski definition) is 5. The molecule has 2 saturated heterocycles. The van der Waals surface area contributed by atoms with Crippen LogP contribution >= 0.6 is 0 Å². The van der Waals surface area contributed by atoms with Crippen LogP contribution in [0.15, 0.2) is 36.8 Å². The fourth-order valence-electron chi connectivity index (χ4n) is 4.42. The van der Waals surface area contributed by atoms with Gasteiger partial charge in [0.1, 0.15) is 5.69 Å². The fraction of sp³-hybridized carbons (Fsp3) is 0.545. The minimum Gasteiger partial charge on any atom is -0.375 e. The maximum atomic E-state index is 12.7. The number of amides is 2. The molecule has 1 N–H and O–H groups in total. The number of aryl methyl sites for hydroxylation is 1. The van der Waals surface area contributed by atoms with Gasteiger partial charge in [-0.05, 0) is 56.7 Å². The molecule has 1 unspecified atom stereocenters. The van der Waals surface area contributed by atoms with E-state index in [0.29, 0.717) is 43.4 Å². The quantitative estimate of drug-likeness (QED) is 0.814. The number of nitrogens with one attached hydrogen (secondary N) is 1. The van der Waals surface area contributed by atoms with E-state index in [2.05, 4.69) is 15.4 Å². The van der Waals surface area contributed by atoms with Crippen LogP contribution in [0.3, 0.4) is 0 Å². The molecule has 2 aromatic rings. The first kappa shape index (κ1) is 20.5. The second-order valence-electron chi connectivity index (χ2n) is 8.19. The Balaban J connectivity index is 1.29. The van der Waals surface area contributed by atoms with E-state index in [1.54, 1.807) is 35.3 Å². The standard InChI is InChI=1S/C22H29N5O3/c1-2-27-10-5-19(25-27)21(29)26-11-7-22(8-12-26)14-17(6-13-30-22)15-24-20(28)18-4-3-9-23-16-18/h3-5,9-10,16-17H,2,6-8,11-15H2,1H3,(H,24,28). The zero-order valence-electron chi connectivity index (χ0n) is 17.4. The Bertz CT molecular complexity index is 874. The summed E-state index contributed by atoms with van der Waals surface area (Å²) in [6.45, 7) is 5.43. The van der Waals surface area contributed by atoms with E-state index in [1.165, 1.54) is 0 Å². The van der Waals surface area contributed by atoms with Crippen LogP contribution in [0.2, 0.25) is 0 Å². The highest BCUT2D eigenvalue weighted by atomic mass is 16.5. The van der Waals surface area contributed by atoms with Gasteiger partial charge < -0.3 is 15.0 Å². The molecule has 0 aliphatic carbocycles. The summed E-state index contributed by atoms with van der Waals surface area (Å²) >= 11 is 0. The smallest absolute Gasteiger partial charge is 0.274 e. The van der Waals surface area contributed by atoms with E-state index in [9.17, 15) is 9.59 Å². The van der Waals surface area contributed by atoms with E-state index in [-0.39, 0.29) is 17.4 Å². The van der Waals surface area contributed by atoms with Crippen LogP contribution in [-0.2, 0) is 11.3 Å². The molecule has 2 amide bonds. The molecule has 2 aliphatic rings. The molecule has 0 saturated carbocycles. The molecule has 2 aliphatic heterocycles. The summed E-state index contributed by atoms with van der Waals surface area (Å²) < 4.78 is 7.97. The zero-order valence-corrected chi connectivity index (χ0v) is 17.4. The average Bonchev–Trinajstić information content (AvgIpc) is 3.28. The molecule has 8 nitrogen and oxygen atoms in total. The topological polar surface area (TPSA) is 89.4 Å². The number of nitrogens with zero attached hydrogens (tertiary/aromatic N) is 4. The summed E-state index contributed by atoms with van der Waals surface area (Å²) in [6.07, 6.45) is 8.56. The number of piperidine rings is 1. The predicted octanol–water partition coefficient (Wildman–Crippen LogP) is 2.13. The minimum absolute atomic E-state index is 0.00635. The highest BCUT2D eigenvalue weighted by Gasteiger charge is 2.41. The number of hydrogen-bond donors (Lipinski definition) is 1. The van der Waals surface area contributed by atoms with E-state index in [4.69, 9.17) is 4.74 Å². The van der Waals surface area contributed by atoms with Crippen LogP contribution in [0.1, 0.15) is 53.5 Å². The zero-order chi connectivity index (χ0) is 21.0. The van der Waals surface area contributed by atoms with Crippen LogP contribution in [-0.4, -0.2) is 63.3 Å². The summed E-state index contributed by atoms with van der Waals surface area (Å²) in [6, 6.07) is 5.32. The van der Waals surface area contributed by atoms with Crippen molar-refractivity contribution < 1.29 is 14.3 Å². The Hall–Kier alpha value is -2.74. The van der Waals surface area contributed by atoms with Crippen molar-refractivity contribution in [2.24, 2.45) is 5.92 Å². The van der Waals surface area contributed by atoms with Gasteiger partial charge in [-0.3, -0.25) is 19.3 Å². The number of rotatable bonds is 5. The lowest BCUT2D eigenvalue weighted by atomic mass is 9.79. The van der Waals surface area contributed by atoms with Gasteiger partial charge in [-0.25, -0.2) is 0 Å². The summed E-state index contributed by atoms with van der Waals surface area (Å²) in [5.74, 6) is 0.283. The Morgan fingerprint density at radius 2 is 2.13 bits per heavy atom. The second-order valence-corrected chi connectivity index (χ2v) is 8.19. The number of carbonyl (C=O) groups excluding carboxylic acids is 2. The van der Waals surface area contributed by atoms with Gasteiger partial charge in [0.2, 0.25) is 0 Å². The lowest BCUT2D eigenvalue weighted by molar-refractivity contribution is -0.122. The Labute approximate surface area is 176 Å². The first-order chi connectivity index (χ1) is 14.6. The maximum absolute atomic E-state index is 12.7. The van der Waals surface area contributed by atoms with Crippen molar-refractivity contribution in [3.05, 3.63) is 48.0 Å². The van der Waals surface area contributed by atoms with Crippen LogP contribution in [0, 0.1) is 5.92 Å². The van der Waals surface area contributed by atoms with Crippen molar-refractivity contribution in [1.82, 2.24) is 25.0 Å². The molecule has 4 rings (SSSR count). The largest absolute Gasteiger partial charge is 0.375 e. The first-order valence-corrected chi connectivity index (χ1v) is 10.7. The van der Waals surface area contributed by atoms with Gasteiger partial charge in [0.15, 0.2) is 0 Å². The third-order valence-electron chi connectivity index (χ3n) is 6.22. The van der Waals surface area contributed by atoms with Crippen molar-refractivity contribution >= 4 is 11.8 Å². The number of aromatic nitrogens is 3. The van der Waals surface area contributed by atoms with Gasteiger partial charge in [0.25, 0.3) is 11.8 Å². The SMILES string of the molecule is CCn1ccc(C(=O)N2CCC3(CC2)CC(CNC(=O)c2cccnc2)CCO3)n1. The molecule has 0 bridgehead atoms. The summed E-state index contributed by atoms with van der Waals surface area (Å²) in [5.41, 5.74) is 0.895. The Morgan fingerprint density at radius 1 is 1.30 bits per heavy atom. The Kier molecular flexibility index (Phi) is 6.13. The molecule has 4 heterocycles. The molecule has 2 aromatic heterocycles. The summed E-state index contributed by atoms with van der Waals surface area (Å²) in [4.78, 5) is 30.9. The molecular weight excluding hydrogens is 382 g/mol. The number of likely N-dealkylation sites (tertiary alicyclic amines) is 1. The van der Waals surface area contributed by atoms with E-state index >= 15 is 0 Å². The van der Waals surface area contributed by atoms with Crippen LogP contribution in [0.4, 0.5) is 0 Å². The van der Waals surface area contributed by atoms with E-state index < -0.39 is 0 Å². The normalized spacial score (nSPS) is 20.8. The van der Waals surface area contributed by atoms with Crippen LogP contribution in [0.5, 0.6) is 0 Å². The molecule has 2 fully saturated rings. The molecule has 0 radical (unpaired) electrons. The monoisotopic (exact) mass is 411 g/mol. The lowest BCUT2D eigenvalue weighted by Gasteiger charge is -2.46. The molecule has 0 aromatic carbocycles. The summed E-state index contributed by atoms with van der Waals surface area (Å²) in [7, 11) is 0. The lowest BCUT2D eigenvalue weighted by Crippen LogP contribution is -2.51. The van der Waals surface area contributed by atoms with Crippen molar-refractivity contribution in [1.29, 1.82) is 0 Å². The van der Waals surface area contributed by atoms with Gasteiger partial charge in [-0.1, -0.05) is 0 Å². The highest BCUT2D eigenvalue weighted by molar-refractivity contribution is 5.93. The maximum Gasteiger partial charge on any atom is 0.274 e. The third-order valence-corrected chi connectivity index (χ3v) is 6.22. The summed E-state index contributed by atoms with van der Waals surface area (Å²) in [5, 5.41) is 7.37. The van der Waals surface area contributed by atoms with Crippen LogP contribution < -0.4 is 5.32 Å². The minimum atomic E-state index is -0.193. The van der Waals surface area contributed by atoms with Gasteiger partial charge in [-0.15, -0.1) is 0 Å². The Morgan fingerprint density at radius 3 is 2.83 bits per heavy atom. The molecule has 1 atom stereocenters. The van der Waals surface area contributed by atoms with Gasteiger partial charge in [0.05, 0.1) is 11.2 Å². The highest BCUT2D eigenvalue weighted by Crippen LogP contribution is 2.37. The average molecular weight is 412 g/mol.